The Labute approximate surface area is 125 Å². The summed E-state index contributed by atoms with van der Waals surface area (Å²) in [5, 5.41) is 3.90. The second-order valence-electron chi connectivity index (χ2n) is 7.83. The van der Waals surface area contributed by atoms with Crippen molar-refractivity contribution in [2.75, 3.05) is 32.8 Å². The van der Waals surface area contributed by atoms with Crippen molar-refractivity contribution in [1.82, 2.24) is 10.2 Å². The lowest BCUT2D eigenvalue weighted by molar-refractivity contribution is 0.00188. The Morgan fingerprint density at radius 3 is 2.50 bits per heavy atom. The summed E-state index contributed by atoms with van der Waals surface area (Å²) in [5.74, 6) is 0. The lowest BCUT2D eigenvalue weighted by Crippen LogP contribution is -2.66. The van der Waals surface area contributed by atoms with Crippen molar-refractivity contribution < 1.29 is 4.74 Å². The molecule has 2 rings (SSSR count). The molecule has 1 unspecified atom stereocenters. The van der Waals surface area contributed by atoms with Gasteiger partial charge in [0.2, 0.25) is 0 Å². The largest absolute Gasteiger partial charge is 0.380 e. The quantitative estimate of drug-likeness (QED) is 0.784. The molecular weight excluding hydrogens is 248 g/mol. The number of ether oxygens (including phenoxy) is 1. The standard InChI is InChI=1S/C17H34N2O/c1-5-11-20-12-10-19-14-17(8-6-7-9-17)18-13-15(19)16(2,3)4/h15,18H,5-14H2,1-4H3. The molecule has 1 heterocycles. The van der Waals surface area contributed by atoms with Gasteiger partial charge in [0.05, 0.1) is 6.61 Å². The van der Waals surface area contributed by atoms with E-state index >= 15 is 0 Å². The Morgan fingerprint density at radius 2 is 1.90 bits per heavy atom. The molecule has 1 aliphatic carbocycles. The average Bonchev–Trinajstić information content (AvgIpc) is 2.81. The summed E-state index contributed by atoms with van der Waals surface area (Å²) < 4.78 is 5.74. The van der Waals surface area contributed by atoms with Crippen molar-refractivity contribution in [3.63, 3.8) is 0 Å². The molecule has 1 atom stereocenters. The maximum Gasteiger partial charge on any atom is 0.0593 e. The van der Waals surface area contributed by atoms with Gasteiger partial charge in [-0.25, -0.2) is 0 Å². The average molecular weight is 282 g/mol. The van der Waals surface area contributed by atoms with Crippen molar-refractivity contribution in [1.29, 1.82) is 0 Å². The second-order valence-corrected chi connectivity index (χ2v) is 7.83. The van der Waals surface area contributed by atoms with Crippen LogP contribution in [0, 0.1) is 5.41 Å². The zero-order chi connectivity index (χ0) is 14.6. The van der Waals surface area contributed by atoms with Gasteiger partial charge in [0.15, 0.2) is 0 Å². The van der Waals surface area contributed by atoms with Gasteiger partial charge in [-0.15, -0.1) is 0 Å². The summed E-state index contributed by atoms with van der Waals surface area (Å²) in [7, 11) is 0. The van der Waals surface area contributed by atoms with Gasteiger partial charge in [-0.3, -0.25) is 4.90 Å². The van der Waals surface area contributed by atoms with Crippen LogP contribution in [0.4, 0.5) is 0 Å². The fourth-order valence-electron chi connectivity index (χ4n) is 3.90. The van der Waals surface area contributed by atoms with Crippen LogP contribution in [0.25, 0.3) is 0 Å². The van der Waals surface area contributed by atoms with Crippen LogP contribution >= 0.6 is 0 Å². The van der Waals surface area contributed by atoms with E-state index in [1.165, 1.54) is 32.2 Å². The highest BCUT2D eigenvalue weighted by molar-refractivity contribution is 5.03. The molecule has 2 fully saturated rings. The van der Waals surface area contributed by atoms with Crippen LogP contribution in [-0.2, 0) is 4.74 Å². The van der Waals surface area contributed by atoms with E-state index < -0.39 is 0 Å². The topological polar surface area (TPSA) is 24.5 Å². The Balaban J connectivity index is 1.95. The van der Waals surface area contributed by atoms with Crippen molar-refractivity contribution in [3.8, 4) is 0 Å². The third-order valence-corrected chi connectivity index (χ3v) is 5.05. The summed E-state index contributed by atoms with van der Waals surface area (Å²) in [5.41, 5.74) is 0.741. The molecule has 3 heteroatoms. The summed E-state index contributed by atoms with van der Waals surface area (Å²) in [6, 6.07) is 0.624. The third-order valence-electron chi connectivity index (χ3n) is 5.05. The van der Waals surface area contributed by atoms with Crippen molar-refractivity contribution >= 4 is 0 Å². The molecular formula is C17H34N2O. The van der Waals surface area contributed by atoms with Gasteiger partial charge in [0, 0.05) is 37.8 Å². The molecule has 0 aromatic rings. The predicted molar refractivity (Wildman–Crippen MR) is 85.1 cm³/mol. The van der Waals surface area contributed by atoms with E-state index in [1.807, 2.05) is 0 Å². The minimum Gasteiger partial charge on any atom is -0.380 e. The van der Waals surface area contributed by atoms with Gasteiger partial charge < -0.3 is 10.1 Å². The summed E-state index contributed by atoms with van der Waals surface area (Å²) in [4.78, 5) is 2.71. The maximum absolute atomic E-state index is 5.74. The van der Waals surface area contributed by atoms with E-state index in [-0.39, 0.29) is 0 Å². The first-order valence-corrected chi connectivity index (χ1v) is 8.54. The van der Waals surface area contributed by atoms with E-state index in [2.05, 4.69) is 37.9 Å². The molecule has 2 aliphatic rings. The molecule has 0 bridgehead atoms. The zero-order valence-corrected chi connectivity index (χ0v) is 14.0. The lowest BCUT2D eigenvalue weighted by atomic mass is 9.81. The molecule has 0 radical (unpaired) electrons. The van der Waals surface area contributed by atoms with Gasteiger partial charge in [-0.1, -0.05) is 40.5 Å². The number of hydrogen-bond donors (Lipinski definition) is 1. The number of piperazine rings is 1. The van der Waals surface area contributed by atoms with Gasteiger partial charge >= 0.3 is 0 Å². The van der Waals surface area contributed by atoms with E-state index in [4.69, 9.17) is 4.74 Å². The molecule has 118 valence electrons. The van der Waals surface area contributed by atoms with Gasteiger partial charge in [0.1, 0.15) is 0 Å². The number of nitrogens with zero attached hydrogens (tertiary/aromatic N) is 1. The van der Waals surface area contributed by atoms with Crippen LogP contribution in [0.5, 0.6) is 0 Å². The highest BCUT2D eigenvalue weighted by atomic mass is 16.5. The molecule has 1 N–H and O–H groups in total. The lowest BCUT2D eigenvalue weighted by Gasteiger charge is -2.50. The van der Waals surface area contributed by atoms with Crippen LogP contribution in [0.2, 0.25) is 0 Å². The maximum atomic E-state index is 5.74. The molecule has 0 aromatic carbocycles. The van der Waals surface area contributed by atoms with Crippen LogP contribution in [-0.4, -0.2) is 49.3 Å². The van der Waals surface area contributed by atoms with E-state index in [1.54, 1.807) is 0 Å². The Kier molecular flexibility index (Phi) is 5.49. The Morgan fingerprint density at radius 1 is 1.20 bits per heavy atom. The molecule has 1 spiro atoms. The first-order valence-electron chi connectivity index (χ1n) is 8.54. The van der Waals surface area contributed by atoms with E-state index in [0.29, 0.717) is 17.0 Å². The van der Waals surface area contributed by atoms with E-state index in [9.17, 15) is 0 Å². The van der Waals surface area contributed by atoms with Crippen LogP contribution in [0.15, 0.2) is 0 Å². The Bertz CT molecular complexity index is 292. The third kappa shape index (κ3) is 3.96. The Hall–Kier alpha value is -0.120. The summed E-state index contributed by atoms with van der Waals surface area (Å²) in [6.45, 7) is 14.5. The smallest absolute Gasteiger partial charge is 0.0593 e. The first-order chi connectivity index (χ1) is 9.47. The molecule has 0 aromatic heterocycles. The fraction of sp³-hybridized carbons (Fsp3) is 1.00. The second kappa shape index (κ2) is 6.76. The molecule has 3 nitrogen and oxygen atoms in total. The molecule has 0 amide bonds. The van der Waals surface area contributed by atoms with Crippen LogP contribution < -0.4 is 5.32 Å². The highest BCUT2D eigenvalue weighted by Gasteiger charge is 2.43. The van der Waals surface area contributed by atoms with Crippen molar-refractivity contribution in [2.45, 2.75) is 71.4 Å². The fourth-order valence-corrected chi connectivity index (χ4v) is 3.90. The monoisotopic (exact) mass is 282 g/mol. The number of hydrogen-bond acceptors (Lipinski definition) is 3. The van der Waals surface area contributed by atoms with Gasteiger partial charge in [-0.05, 0) is 24.7 Å². The van der Waals surface area contributed by atoms with Crippen molar-refractivity contribution in [2.24, 2.45) is 5.41 Å². The predicted octanol–water partition coefficient (Wildman–Crippen LogP) is 3.05. The van der Waals surface area contributed by atoms with Crippen molar-refractivity contribution in [3.05, 3.63) is 0 Å². The molecule has 1 aliphatic heterocycles. The molecule has 1 saturated heterocycles. The minimum atomic E-state index is 0.331. The van der Waals surface area contributed by atoms with Gasteiger partial charge in [-0.2, -0.15) is 0 Å². The van der Waals surface area contributed by atoms with Crippen LogP contribution in [0.3, 0.4) is 0 Å². The SMILES string of the molecule is CCCOCCN1CC2(CCCC2)NCC1C(C)(C)C. The summed E-state index contributed by atoms with van der Waals surface area (Å²) in [6.07, 6.45) is 6.63. The zero-order valence-electron chi connectivity index (χ0n) is 14.0. The van der Waals surface area contributed by atoms with E-state index in [0.717, 1.165) is 32.7 Å². The van der Waals surface area contributed by atoms with Gasteiger partial charge in [0.25, 0.3) is 0 Å². The minimum absolute atomic E-state index is 0.331. The number of nitrogens with one attached hydrogen (secondary N) is 1. The molecule has 1 saturated carbocycles. The normalized spacial score (nSPS) is 27.3. The number of rotatable bonds is 5. The molecule has 20 heavy (non-hydrogen) atoms. The first kappa shape index (κ1) is 16.3. The summed E-state index contributed by atoms with van der Waals surface area (Å²) >= 11 is 0. The van der Waals surface area contributed by atoms with Crippen LogP contribution in [0.1, 0.15) is 59.8 Å². The highest BCUT2D eigenvalue weighted by Crippen LogP contribution is 2.36.